The smallest absolute Gasteiger partial charge is 0.220 e. The molecule has 0 spiro atoms. The molecule has 1 aromatic carbocycles. The summed E-state index contributed by atoms with van der Waals surface area (Å²) < 4.78 is 0. The van der Waals surface area contributed by atoms with Crippen LogP contribution in [0, 0.1) is 5.41 Å². The molecule has 0 bridgehead atoms. The minimum atomic E-state index is 0.0224. The fourth-order valence-corrected chi connectivity index (χ4v) is 2.33. The van der Waals surface area contributed by atoms with E-state index in [2.05, 4.69) is 39.0 Å². The number of carbonyl (C=O) groups is 1. The van der Waals surface area contributed by atoms with Crippen molar-refractivity contribution >= 4 is 5.91 Å². The van der Waals surface area contributed by atoms with E-state index >= 15 is 0 Å². The molecule has 1 atom stereocenters. The van der Waals surface area contributed by atoms with Crippen LogP contribution in [0.2, 0.25) is 0 Å². The molecule has 2 rings (SSSR count). The number of hydrogen-bond donors (Lipinski definition) is 1. The molecular formula is C15H22N2O. The highest BCUT2D eigenvalue weighted by molar-refractivity contribution is 5.74. The average molecular weight is 246 g/mol. The van der Waals surface area contributed by atoms with Gasteiger partial charge in [0, 0.05) is 26.1 Å². The highest BCUT2D eigenvalue weighted by Crippen LogP contribution is 2.33. The lowest BCUT2D eigenvalue weighted by Gasteiger charge is -2.27. The van der Waals surface area contributed by atoms with Gasteiger partial charge in [-0.1, -0.05) is 39.0 Å². The Morgan fingerprint density at radius 1 is 1.28 bits per heavy atom. The average Bonchev–Trinajstić information content (AvgIpc) is 2.69. The molecule has 0 radical (unpaired) electrons. The largest absolute Gasteiger partial charge is 0.334 e. The van der Waals surface area contributed by atoms with Crippen molar-refractivity contribution in [2.24, 2.45) is 11.1 Å². The van der Waals surface area contributed by atoms with E-state index in [1.165, 1.54) is 11.1 Å². The standard InChI is InChI=1S/C15H22N2O/c1-10(18)17-8-12-6-5-11(7-13(12)9-17)14(16)15(2,3)4/h5-7,14H,8-9,16H2,1-4H3. The summed E-state index contributed by atoms with van der Waals surface area (Å²) in [5.41, 5.74) is 9.97. The summed E-state index contributed by atoms with van der Waals surface area (Å²) in [6.07, 6.45) is 0. The van der Waals surface area contributed by atoms with Crippen LogP contribution < -0.4 is 5.73 Å². The number of nitrogens with two attached hydrogens (primary N) is 1. The van der Waals surface area contributed by atoms with Crippen molar-refractivity contribution < 1.29 is 4.79 Å². The summed E-state index contributed by atoms with van der Waals surface area (Å²) in [6.45, 7) is 9.51. The number of hydrogen-bond acceptors (Lipinski definition) is 2. The molecule has 0 fully saturated rings. The zero-order valence-corrected chi connectivity index (χ0v) is 11.7. The van der Waals surface area contributed by atoms with E-state index in [4.69, 9.17) is 5.73 Å². The van der Waals surface area contributed by atoms with Crippen LogP contribution in [-0.4, -0.2) is 10.8 Å². The molecule has 1 unspecified atom stereocenters. The molecule has 1 aliphatic rings. The van der Waals surface area contributed by atoms with E-state index < -0.39 is 0 Å². The number of rotatable bonds is 1. The van der Waals surface area contributed by atoms with Crippen LogP contribution in [0.5, 0.6) is 0 Å². The Kier molecular flexibility index (Phi) is 3.20. The molecule has 0 saturated carbocycles. The molecule has 1 aliphatic heterocycles. The quantitative estimate of drug-likeness (QED) is 0.828. The van der Waals surface area contributed by atoms with Crippen molar-refractivity contribution in [1.29, 1.82) is 0 Å². The third-order valence-electron chi connectivity index (χ3n) is 3.69. The second-order valence-electron chi connectivity index (χ2n) is 6.25. The van der Waals surface area contributed by atoms with E-state index in [0.717, 1.165) is 18.7 Å². The maximum absolute atomic E-state index is 11.4. The maximum Gasteiger partial charge on any atom is 0.220 e. The SMILES string of the molecule is CC(=O)N1Cc2ccc(C(N)C(C)(C)C)cc2C1. The van der Waals surface area contributed by atoms with E-state index in [-0.39, 0.29) is 17.4 Å². The summed E-state index contributed by atoms with van der Waals surface area (Å²) in [5.74, 6) is 0.132. The van der Waals surface area contributed by atoms with Crippen molar-refractivity contribution in [3.63, 3.8) is 0 Å². The van der Waals surface area contributed by atoms with Gasteiger partial charge in [-0.3, -0.25) is 4.79 Å². The molecule has 3 heteroatoms. The first-order chi connectivity index (χ1) is 8.29. The van der Waals surface area contributed by atoms with Gasteiger partial charge in [0.25, 0.3) is 0 Å². The van der Waals surface area contributed by atoms with Crippen LogP contribution in [0.15, 0.2) is 18.2 Å². The summed E-state index contributed by atoms with van der Waals surface area (Å²) in [4.78, 5) is 13.3. The zero-order chi connectivity index (χ0) is 13.5. The van der Waals surface area contributed by atoms with Gasteiger partial charge in [0.05, 0.1) is 0 Å². The lowest BCUT2D eigenvalue weighted by atomic mass is 9.82. The van der Waals surface area contributed by atoms with Gasteiger partial charge in [0.15, 0.2) is 0 Å². The van der Waals surface area contributed by atoms with Gasteiger partial charge < -0.3 is 10.6 Å². The summed E-state index contributed by atoms with van der Waals surface area (Å²) >= 11 is 0. The van der Waals surface area contributed by atoms with Gasteiger partial charge in [0.1, 0.15) is 0 Å². The molecule has 0 aromatic heterocycles. The fourth-order valence-electron chi connectivity index (χ4n) is 2.33. The monoisotopic (exact) mass is 246 g/mol. The first kappa shape index (κ1) is 13.1. The molecule has 0 aliphatic carbocycles. The molecule has 1 amide bonds. The van der Waals surface area contributed by atoms with Crippen molar-refractivity contribution in [3.05, 3.63) is 34.9 Å². The number of carbonyl (C=O) groups excluding carboxylic acids is 1. The van der Waals surface area contributed by atoms with Crippen LogP contribution in [0.25, 0.3) is 0 Å². The highest BCUT2D eigenvalue weighted by Gasteiger charge is 2.25. The van der Waals surface area contributed by atoms with Crippen molar-refractivity contribution in [2.45, 2.75) is 46.8 Å². The van der Waals surface area contributed by atoms with Gasteiger partial charge in [-0.05, 0) is 22.1 Å². The van der Waals surface area contributed by atoms with Crippen LogP contribution in [0.4, 0.5) is 0 Å². The normalized spacial score (nSPS) is 16.6. The number of fused-ring (bicyclic) bond motifs is 1. The van der Waals surface area contributed by atoms with Gasteiger partial charge in [-0.15, -0.1) is 0 Å². The number of nitrogens with zero attached hydrogens (tertiary/aromatic N) is 1. The van der Waals surface area contributed by atoms with E-state index in [0.29, 0.717) is 0 Å². The van der Waals surface area contributed by atoms with E-state index in [9.17, 15) is 4.79 Å². The Morgan fingerprint density at radius 2 is 1.89 bits per heavy atom. The third kappa shape index (κ3) is 2.41. The predicted molar refractivity (Wildman–Crippen MR) is 72.8 cm³/mol. The molecular weight excluding hydrogens is 224 g/mol. The second-order valence-corrected chi connectivity index (χ2v) is 6.25. The van der Waals surface area contributed by atoms with Crippen LogP contribution >= 0.6 is 0 Å². The minimum absolute atomic E-state index is 0.0224. The summed E-state index contributed by atoms with van der Waals surface area (Å²) in [5, 5.41) is 0. The molecule has 1 aromatic rings. The molecule has 1 heterocycles. The number of benzene rings is 1. The first-order valence-corrected chi connectivity index (χ1v) is 6.42. The van der Waals surface area contributed by atoms with Crippen molar-refractivity contribution in [1.82, 2.24) is 4.90 Å². The second kappa shape index (κ2) is 4.39. The Labute approximate surface area is 109 Å². The Hall–Kier alpha value is -1.35. The fraction of sp³-hybridized carbons (Fsp3) is 0.533. The van der Waals surface area contributed by atoms with Crippen molar-refractivity contribution in [3.8, 4) is 0 Å². The van der Waals surface area contributed by atoms with Gasteiger partial charge in [0.2, 0.25) is 5.91 Å². The third-order valence-corrected chi connectivity index (χ3v) is 3.69. The topological polar surface area (TPSA) is 46.3 Å². The van der Waals surface area contributed by atoms with E-state index in [1.807, 2.05) is 4.90 Å². The van der Waals surface area contributed by atoms with Gasteiger partial charge >= 0.3 is 0 Å². The number of amides is 1. The van der Waals surface area contributed by atoms with Gasteiger partial charge in [-0.25, -0.2) is 0 Å². The van der Waals surface area contributed by atoms with Gasteiger partial charge in [-0.2, -0.15) is 0 Å². The predicted octanol–water partition coefficient (Wildman–Crippen LogP) is 2.59. The lowest BCUT2D eigenvalue weighted by Crippen LogP contribution is -2.26. The van der Waals surface area contributed by atoms with Crippen LogP contribution in [0.3, 0.4) is 0 Å². The van der Waals surface area contributed by atoms with Crippen molar-refractivity contribution in [2.75, 3.05) is 0 Å². The molecule has 98 valence electrons. The molecule has 18 heavy (non-hydrogen) atoms. The summed E-state index contributed by atoms with van der Waals surface area (Å²) in [6, 6.07) is 6.39. The molecule has 0 saturated heterocycles. The van der Waals surface area contributed by atoms with Crippen LogP contribution in [-0.2, 0) is 17.9 Å². The lowest BCUT2D eigenvalue weighted by molar-refractivity contribution is -0.129. The molecule has 3 nitrogen and oxygen atoms in total. The Balaban J connectivity index is 2.26. The van der Waals surface area contributed by atoms with E-state index in [1.54, 1.807) is 6.92 Å². The maximum atomic E-state index is 11.4. The first-order valence-electron chi connectivity index (χ1n) is 6.42. The molecule has 2 N–H and O–H groups in total. The zero-order valence-electron chi connectivity index (χ0n) is 11.7. The minimum Gasteiger partial charge on any atom is -0.334 e. The van der Waals surface area contributed by atoms with Crippen LogP contribution in [0.1, 0.15) is 50.4 Å². The highest BCUT2D eigenvalue weighted by atomic mass is 16.2. The Morgan fingerprint density at radius 3 is 2.44 bits per heavy atom. The summed E-state index contributed by atoms with van der Waals surface area (Å²) in [7, 11) is 0. The Bertz CT molecular complexity index is 474.